The fourth-order valence-corrected chi connectivity index (χ4v) is 2.64. The monoisotopic (exact) mass is 226 g/mol. The van der Waals surface area contributed by atoms with Crippen LogP contribution in [0.2, 0.25) is 0 Å². The molecule has 0 aromatic heterocycles. The highest BCUT2D eigenvalue weighted by molar-refractivity contribution is 5.73. The maximum absolute atomic E-state index is 11.5. The van der Waals surface area contributed by atoms with E-state index >= 15 is 0 Å². The van der Waals surface area contributed by atoms with Crippen molar-refractivity contribution in [1.82, 2.24) is 9.80 Å². The normalized spacial score (nSPS) is 26.2. The van der Waals surface area contributed by atoms with E-state index in [1.165, 1.54) is 19.3 Å². The molecule has 2 unspecified atom stereocenters. The summed E-state index contributed by atoms with van der Waals surface area (Å²) in [6.45, 7) is 6.11. The molecule has 1 saturated carbocycles. The number of carbonyl (C=O) groups is 1. The van der Waals surface area contributed by atoms with Crippen LogP contribution in [-0.2, 0) is 4.79 Å². The molecule has 1 aliphatic rings. The minimum atomic E-state index is 0.189. The summed E-state index contributed by atoms with van der Waals surface area (Å²) in [5.74, 6) is 0.189. The Bertz CT molecular complexity index is 240. The SMILES string of the molecule is CC(=O)N(C)C1CCCCC1N(C)C(C)C. The molecule has 0 aromatic carbocycles. The number of nitrogens with zero attached hydrogens (tertiary/aromatic N) is 2. The second kappa shape index (κ2) is 5.67. The highest BCUT2D eigenvalue weighted by Crippen LogP contribution is 2.27. The van der Waals surface area contributed by atoms with Crippen LogP contribution in [0.5, 0.6) is 0 Å². The van der Waals surface area contributed by atoms with Gasteiger partial charge in [0.25, 0.3) is 0 Å². The first-order valence-electron chi connectivity index (χ1n) is 6.40. The zero-order valence-electron chi connectivity index (χ0n) is 11.4. The molecule has 94 valence electrons. The lowest BCUT2D eigenvalue weighted by Crippen LogP contribution is -2.53. The molecular weight excluding hydrogens is 200 g/mol. The number of hydrogen-bond acceptors (Lipinski definition) is 2. The van der Waals surface area contributed by atoms with Gasteiger partial charge in [-0.25, -0.2) is 0 Å². The Morgan fingerprint density at radius 2 is 1.62 bits per heavy atom. The maximum Gasteiger partial charge on any atom is 0.219 e. The van der Waals surface area contributed by atoms with Gasteiger partial charge < -0.3 is 4.90 Å². The molecule has 1 rings (SSSR count). The van der Waals surface area contributed by atoms with E-state index in [0.717, 1.165) is 6.42 Å². The lowest BCUT2D eigenvalue weighted by atomic mass is 9.88. The van der Waals surface area contributed by atoms with Gasteiger partial charge in [0.15, 0.2) is 0 Å². The van der Waals surface area contributed by atoms with Gasteiger partial charge in [-0.1, -0.05) is 12.8 Å². The van der Waals surface area contributed by atoms with Crippen LogP contribution >= 0.6 is 0 Å². The fraction of sp³-hybridized carbons (Fsp3) is 0.923. The summed E-state index contributed by atoms with van der Waals surface area (Å²) in [5, 5.41) is 0. The van der Waals surface area contributed by atoms with Gasteiger partial charge >= 0.3 is 0 Å². The molecule has 2 atom stereocenters. The average Bonchev–Trinajstić information content (AvgIpc) is 2.26. The van der Waals surface area contributed by atoms with Gasteiger partial charge in [-0.15, -0.1) is 0 Å². The Labute approximate surface area is 99.8 Å². The van der Waals surface area contributed by atoms with Crippen molar-refractivity contribution in [2.45, 2.75) is 64.6 Å². The third-order valence-corrected chi connectivity index (χ3v) is 4.03. The Balaban J connectivity index is 2.74. The molecule has 0 N–H and O–H groups in total. The molecule has 1 aliphatic carbocycles. The summed E-state index contributed by atoms with van der Waals surface area (Å²) in [7, 11) is 4.13. The van der Waals surface area contributed by atoms with Crippen molar-refractivity contribution in [3.05, 3.63) is 0 Å². The van der Waals surface area contributed by atoms with Gasteiger partial charge in [0, 0.05) is 32.1 Å². The van der Waals surface area contributed by atoms with E-state index in [4.69, 9.17) is 0 Å². The quantitative estimate of drug-likeness (QED) is 0.736. The Kier molecular flexibility index (Phi) is 4.78. The second-order valence-corrected chi connectivity index (χ2v) is 5.31. The largest absolute Gasteiger partial charge is 0.341 e. The molecule has 1 amide bonds. The predicted molar refractivity (Wildman–Crippen MR) is 67.4 cm³/mol. The van der Waals surface area contributed by atoms with Gasteiger partial charge in [0.2, 0.25) is 5.91 Å². The molecule has 0 bridgehead atoms. The first kappa shape index (κ1) is 13.5. The topological polar surface area (TPSA) is 23.6 Å². The number of hydrogen-bond donors (Lipinski definition) is 0. The summed E-state index contributed by atoms with van der Waals surface area (Å²) in [6.07, 6.45) is 4.92. The van der Waals surface area contributed by atoms with Crippen molar-refractivity contribution in [3.8, 4) is 0 Å². The third-order valence-electron chi connectivity index (χ3n) is 4.03. The first-order valence-corrected chi connectivity index (χ1v) is 6.40. The van der Waals surface area contributed by atoms with Crippen molar-refractivity contribution in [1.29, 1.82) is 0 Å². The van der Waals surface area contributed by atoms with Crippen molar-refractivity contribution in [2.75, 3.05) is 14.1 Å². The standard InChI is InChI=1S/C13H26N2O/c1-10(2)14(4)12-8-6-7-9-13(12)15(5)11(3)16/h10,12-13H,6-9H2,1-5H3. The maximum atomic E-state index is 11.5. The lowest BCUT2D eigenvalue weighted by molar-refractivity contribution is -0.131. The second-order valence-electron chi connectivity index (χ2n) is 5.31. The van der Waals surface area contributed by atoms with Crippen molar-refractivity contribution in [3.63, 3.8) is 0 Å². The van der Waals surface area contributed by atoms with Gasteiger partial charge in [-0.05, 0) is 33.7 Å². The highest BCUT2D eigenvalue weighted by atomic mass is 16.2. The van der Waals surface area contributed by atoms with Crippen LogP contribution in [0.25, 0.3) is 0 Å². The van der Waals surface area contributed by atoms with Crippen LogP contribution in [0.4, 0.5) is 0 Å². The Morgan fingerprint density at radius 3 is 2.06 bits per heavy atom. The third kappa shape index (κ3) is 2.97. The molecule has 3 nitrogen and oxygen atoms in total. The minimum absolute atomic E-state index is 0.189. The number of amides is 1. The van der Waals surface area contributed by atoms with Crippen LogP contribution in [-0.4, -0.2) is 47.9 Å². The van der Waals surface area contributed by atoms with E-state index in [9.17, 15) is 4.79 Å². The van der Waals surface area contributed by atoms with E-state index < -0.39 is 0 Å². The number of carbonyl (C=O) groups excluding carboxylic acids is 1. The summed E-state index contributed by atoms with van der Waals surface area (Å²) in [4.78, 5) is 15.8. The van der Waals surface area contributed by atoms with Gasteiger partial charge in [-0.2, -0.15) is 0 Å². The van der Waals surface area contributed by atoms with E-state index in [1.54, 1.807) is 6.92 Å². The van der Waals surface area contributed by atoms with E-state index in [0.29, 0.717) is 18.1 Å². The van der Waals surface area contributed by atoms with Crippen LogP contribution in [0.1, 0.15) is 46.5 Å². The predicted octanol–water partition coefficient (Wildman–Crippen LogP) is 2.12. The van der Waals surface area contributed by atoms with Gasteiger partial charge in [-0.3, -0.25) is 9.69 Å². The lowest BCUT2D eigenvalue weighted by Gasteiger charge is -2.43. The number of rotatable bonds is 3. The minimum Gasteiger partial charge on any atom is -0.341 e. The van der Waals surface area contributed by atoms with E-state index in [2.05, 4.69) is 25.8 Å². The van der Waals surface area contributed by atoms with Crippen LogP contribution in [0.15, 0.2) is 0 Å². The van der Waals surface area contributed by atoms with E-state index in [-0.39, 0.29) is 5.91 Å². The molecule has 0 aliphatic heterocycles. The van der Waals surface area contributed by atoms with Crippen LogP contribution in [0, 0.1) is 0 Å². The van der Waals surface area contributed by atoms with Gasteiger partial charge in [0.05, 0.1) is 0 Å². The molecule has 0 radical (unpaired) electrons. The Morgan fingerprint density at radius 1 is 1.12 bits per heavy atom. The summed E-state index contributed by atoms with van der Waals surface area (Å²) in [6, 6.07) is 1.48. The summed E-state index contributed by atoms with van der Waals surface area (Å²) in [5.41, 5.74) is 0. The van der Waals surface area contributed by atoms with Crippen LogP contribution in [0.3, 0.4) is 0 Å². The van der Waals surface area contributed by atoms with Crippen molar-refractivity contribution >= 4 is 5.91 Å². The molecule has 0 heterocycles. The molecule has 1 fully saturated rings. The zero-order valence-corrected chi connectivity index (χ0v) is 11.4. The summed E-state index contributed by atoms with van der Waals surface area (Å²) < 4.78 is 0. The van der Waals surface area contributed by atoms with Crippen molar-refractivity contribution < 1.29 is 4.79 Å². The molecule has 0 saturated heterocycles. The zero-order chi connectivity index (χ0) is 12.3. The molecule has 16 heavy (non-hydrogen) atoms. The molecule has 3 heteroatoms. The Hall–Kier alpha value is -0.570. The molecular formula is C13H26N2O. The average molecular weight is 226 g/mol. The molecule has 0 aromatic rings. The number of likely N-dealkylation sites (N-methyl/N-ethyl adjacent to an activating group) is 2. The summed E-state index contributed by atoms with van der Waals surface area (Å²) >= 11 is 0. The highest BCUT2D eigenvalue weighted by Gasteiger charge is 2.32. The van der Waals surface area contributed by atoms with Crippen LogP contribution < -0.4 is 0 Å². The van der Waals surface area contributed by atoms with Crippen molar-refractivity contribution in [2.24, 2.45) is 0 Å². The van der Waals surface area contributed by atoms with E-state index in [1.807, 2.05) is 11.9 Å². The first-order chi connectivity index (χ1) is 7.45. The fourth-order valence-electron chi connectivity index (χ4n) is 2.64. The molecule has 0 spiro atoms. The smallest absolute Gasteiger partial charge is 0.219 e. The van der Waals surface area contributed by atoms with Gasteiger partial charge in [0.1, 0.15) is 0 Å².